The van der Waals surface area contributed by atoms with Gasteiger partial charge in [0, 0.05) is 13.1 Å². The predicted molar refractivity (Wildman–Crippen MR) is 66.9 cm³/mol. The standard InChI is InChI=1S/C13H22N2O3/c1-9-3-6-15(10(7-9)11(16)17)12(18)13(8-14)4-2-5-13/h9-10H,2-8,14H2,1H3,(H,16,17). The monoisotopic (exact) mass is 254 g/mol. The van der Waals surface area contributed by atoms with Gasteiger partial charge in [-0.25, -0.2) is 4.79 Å². The highest BCUT2D eigenvalue weighted by Crippen LogP contribution is 2.42. The first-order valence-electron chi connectivity index (χ1n) is 6.74. The molecule has 0 spiro atoms. The van der Waals surface area contributed by atoms with E-state index in [4.69, 9.17) is 5.73 Å². The maximum Gasteiger partial charge on any atom is 0.326 e. The summed E-state index contributed by atoms with van der Waals surface area (Å²) in [6.07, 6.45) is 4.07. The number of likely N-dealkylation sites (tertiary alicyclic amines) is 1. The molecule has 1 saturated heterocycles. The topological polar surface area (TPSA) is 83.6 Å². The molecule has 1 aliphatic carbocycles. The van der Waals surface area contributed by atoms with Gasteiger partial charge in [-0.05, 0) is 31.6 Å². The lowest BCUT2D eigenvalue weighted by molar-refractivity contribution is -0.161. The van der Waals surface area contributed by atoms with E-state index < -0.39 is 17.4 Å². The van der Waals surface area contributed by atoms with Crippen LogP contribution < -0.4 is 5.73 Å². The first-order chi connectivity index (χ1) is 8.50. The molecule has 5 heteroatoms. The van der Waals surface area contributed by atoms with E-state index in [-0.39, 0.29) is 5.91 Å². The van der Waals surface area contributed by atoms with E-state index in [1.54, 1.807) is 4.90 Å². The molecule has 2 aliphatic rings. The van der Waals surface area contributed by atoms with Crippen molar-refractivity contribution in [3.8, 4) is 0 Å². The molecule has 0 bridgehead atoms. The van der Waals surface area contributed by atoms with Gasteiger partial charge in [0.1, 0.15) is 6.04 Å². The van der Waals surface area contributed by atoms with Gasteiger partial charge in [-0.3, -0.25) is 4.79 Å². The van der Waals surface area contributed by atoms with E-state index in [0.29, 0.717) is 25.4 Å². The summed E-state index contributed by atoms with van der Waals surface area (Å²) in [5.41, 5.74) is 5.27. The molecule has 3 N–H and O–H groups in total. The zero-order valence-corrected chi connectivity index (χ0v) is 10.9. The van der Waals surface area contributed by atoms with E-state index in [1.165, 1.54) is 0 Å². The number of rotatable bonds is 3. The lowest BCUT2D eigenvalue weighted by Gasteiger charge is -2.46. The summed E-state index contributed by atoms with van der Waals surface area (Å²) in [6.45, 7) is 2.93. The predicted octanol–water partition coefficient (Wildman–Crippen LogP) is 0.827. The SMILES string of the molecule is CC1CCN(C(=O)C2(CN)CCC2)C(C(=O)O)C1. The van der Waals surface area contributed by atoms with Crippen molar-refractivity contribution in [2.24, 2.45) is 17.1 Å². The minimum atomic E-state index is -0.888. The molecular weight excluding hydrogens is 232 g/mol. The van der Waals surface area contributed by atoms with Gasteiger partial charge in [0.25, 0.3) is 0 Å². The fourth-order valence-electron chi connectivity index (χ4n) is 3.03. The molecule has 0 aromatic rings. The van der Waals surface area contributed by atoms with E-state index in [2.05, 4.69) is 0 Å². The second kappa shape index (κ2) is 4.88. The van der Waals surface area contributed by atoms with Crippen molar-refractivity contribution in [2.45, 2.75) is 45.1 Å². The van der Waals surface area contributed by atoms with Gasteiger partial charge in [-0.15, -0.1) is 0 Å². The molecule has 2 atom stereocenters. The molecule has 5 nitrogen and oxygen atoms in total. The first-order valence-corrected chi connectivity index (χ1v) is 6.74. The fraction of sp³-hybridized carbons (Fsp3) is 0.846. The second-order valence-corrected chi connectivity index (χ2v) is 5.82. The van der Waals surface area contributed by atoms with E-state index >= 15 is 0 Å². The van der Waals surface area contributed by atoms with Crippen molar-refractivity contribution in [3.63, 3.8) is 0 Å². The van der Waals surface area contributed by atoms with Crippen LogP contribution in [0.3, 0.4) is 0 Å². The number of aliphatic carboxylic acids is 1. The third kappa shape index (κ3) is 2.11. The van der Waals surface area contributed by atoms with Crippen molar-refractivity contribution in [2.75, 3.05) is 13.1 Å². The Morgan fingerprint density at radius 2 is 2.11 bits per heavy atom. The molecule has 1 amide bonds. The molecule has 0 radical (unpaired) electrons. The van der Waals surface area contributed by atoms with Crippen molar-refractivity contribution in [1.29, 1.82) is 0 Å². The molecule has 2 fully saturated rings. The van der Waals surface area contributed by atoms with E-state index in [0.717, 1.165) is 25.7 Å². The quantitative estimate of drug-likeness (QED) is 0.781. The van der Waals surface area contributed by atoms with Gasteiger partial charge >= 0.3 is 5.97 Å². The van der Waals surface area contributed by atoms with Crippen LogP contribution in [0.1, 0.15) is 39.0 Å². The molecule has 0 aromatic heterocycles. The molecule has 18 heavy (non-hydrogen) atoms. The number of piperidine rings is 1. The molecule has 102 valence electrons. The lowest BCUT2D eigenvalue weighted by atomic mass is 9.67. The number of nitrogens with zero attached hydrogens (tertiary/aromatic N) is 1. The Bertz CT molecular complexity index is 347. The zero-order chi connectivity index (χ0) is 13.3. The summed E-state index contributed by atoms with van der Waals surface area (Å²) in [6, 6.07) is -0.662. The summed E-state index contributed by atoms with van der Waals surface area (Å²) < 4.78 is 0. The van der Waals surface area contributed by atoms with Crippen molar-refractivity contribution >= 4 is 11.9 Å². The summed E-state index contributed by atoms with van der Waals surface area (Å²) in [5, 5.41) is 9.28. The van der Waals surface area contributed by atoms with Crippen LogP contribution in [0.4, 0.5) is 0 Å². The number of carboxylic acid groups (broad SMARTS) is 1. The summed E-state index contributed by atoms with van der Waals surface area (Å²) in [5.74, 6) is -0.553. The molecule has 2 unspecified atom stereocenters. The Balaban J connectivity index is 2.15. The van der Waals surface area contributed by atoms with Crippen LogP contribution in [0.25, 0.3) is 0 Å². The van der Waals surface area contributed by atoms with Crippen LogP contribution in [-0.2, 0) is 9.59 Å². The smallest absolute Gasteiger partial charge is 0.326 e. The van der Waals surface area contributed by atoms with Crippen molar-refractivity contribution in [1.82, 2.24) is 4.90 Å². The van der Waals surface area contributed by atoms with Gasteiger partial charge in [-0.2, -0.15) is 0 Å². The number of carboxylic acids is 1. The molecular formula is C13H22N2O3. The normalized spacial score (nSPS) is 30.7. The Hall–Kier alpha value is -1.10. The maximum absolute atomic E-state index is 12.5. The second-order valence-electron chi connectivity index (χ2n) is 5.82. The number of carbonyl (C=O) groups excluding carboxylic acids is 1. The zero-order valence-electron chi connectivity index (χ0n) is 10.9. The Labute approximate surface area is 107 Å². The minimum absolute atomic E-state index is 0.0319. The molecule has 1 heterocycles. The van der Waals surface area contributed by atoms with Gasteiger partial charge in [0.2, 0.25) is 5.91 Å². The third-order valence-electron chi connectivity index (χ3n) is 4.57. The van der Waals surface area contributed by atoms with Gasteiger partial charge in [-0.1, -0.05) is 13.3 Å². The molecule has 1 aliphatic heterocycles. The number of hydrogen-bond donors (Lipinski definition) is 2. The molecule has 1 saturated carbocycles. The Morgan fingerprint density at radius 1 is 1.44 bits per heavy atom. The number of amides is 1. The number of nitrogens with two attached hydrogens (primary N) is 1. The lowest BCUT2D eigenvalue weighted by Crippen LogP contribution is -2.58. The third-order valence-corrected chi connectivity index (χ3v) is 4.57. The molecule has 0 aromatic carbocycles. The largest absolute Gasteiger partial charge is 0.480 e. The van der Waals surface area contributed by atoms with Crippen LogP contribution >= 0.6 is 0 Å². The minimum Gasteiger partial charge on any atom is -0.480 e. The Morgan fingerprint density at radius 3 is 2.56 bits per heavy atom. The van der Waals surface area contributed by atoms with Crippen LogP contribution in [-0.4, -0.2) is 41.0 Å². The fourth-order valence-corrected chi connectivity index (χ4v) is 3.03. The Kier molecular flexibility index (Phi) is 3.61. The summed E-state index contributed by atoms with van der Waals surface area (Å²) >= 11 is 0. The van der Waals surface area contributed by atoms with E-state index in [9.17, 15) is 14.7 Å². The van der Waals surface area contributed by atoms with Crippen molar-refractivity contribution in [3.05, 3.63) is 0 Å². The van der Waals surface area contributed by atoms with Gasteiger partial charge in [0.05, 0.1) is 5.41 Å². The van der Waals surface area contributed by atoms with Crippen LogP contribution in [0, 0.1) is 11.3 Å². The van der Waals surface area contributed by atoms with Crippen molar-refractivity contribution < 1.29 is 14.7 Å². The number of carbonyl (C=O) groups is 2. The highest BCUT2D eigenvalue weighted by atomic mass is 16.4. The number of hydrogen-bond acceptors (Lipinski definition) is 3. The van der Waals surface area contributed by atoms with Crippen LogP contribution in [0.5, 0.6) is 0 Å². The highest BCUT2D eigenvalue weighted by molar-refractivity contribution is 5.88. The summed E-state index contributed by atoms with van der Waals surface area (Å²) in [4.78, 5) is 25.4. The average molecular weight is 254 g/mol. The highest BCUT2D eigenvalue weighted by Gasteiger charge is 2.48. The van der Waals surface area contributed by atoms with Crippen LogP contribution in [0.15, 0.2) is 0 Å². The maximum atomic E-state index is 12.5. The van der Waals surface area contributed by atoms with Crippen LogP contribution in [0.2, 0.25) is 0 Å². The van der Waals surface area contributed by atoms with Gasteiger partial charge < -0.3 is 15.7 Å². The molecule has 2 rings (SSSR count). The van der Waals surface area contributed by atoms with Gasteiger partial charge in [0.15, 0.2) is 0 Å². The first kappa shape index (κ1) is 13.3. The average Bonchev–Trinajstić information content (AvgIpc) is 2.27. The summed E-state index contributed by atoms with van der Waals surface area (Å²) in [7, 11) is 0. The van der Waals surface area contributed by atoms with E-state index in [1.807, 2.05) is 6.92 Å².